The van der Waals surface area contributed by atoms with Gasteiger partial charge in [-0.15, -0.1) is 0 Å². The van der Waals surface area contributed by atoms with Crippen LogP contribution in [0, 0.1) is 0 Å². The number of thioether (sulfide) groups is 1. The van der Waals surface area contributed by atoms with Crippen molar-refractivity contribution in [3.63, 3.8) is 0 Å². The summed E-state index contributed by atoms with van der Waals surface area (Å²) in [7, 11) is -3.98. The molecule has 0 bridgehead atoms. The molecule has 1 rings (SSSR count). The van der Waals surface area contributed by atoms with E-state index in [1.165, 1.54) is 0 Å². The average Bonchev–Trinajstić information content (AvgIpc) is 2.17. The number of carbonyl (C=O) groups is 1. The van der Waals surface area contributed by atoms with Crippen molar-refractivity contribution in [2.24, 2.45) is 0 Å². The third-order valence-electron chi connectivity index (χ3n) is 1.58. The van der Waals surface area contributed by atoms with Crippen LogP contribution in [0.5, 0.6) is 0 Å². The van der Waals surface area contributed by atoms with Crippen molar-refractivity contribution in [3.05, 3.63) is 35.9 Å². The first-order valence-electron chi connectivity index (χ1n) is 4.16. The Morgan fingerprint density at radius 2 is 1.81 bits per heavy atom. The van der Waals surface area contributed by atoms with Gasteiger partial charge in [-0.2, -0.15) is 8.42 Å². The quantitative estimate of drug-likeness (QED) is 0.654. The Bertz CT molecular complexity index is 430. The summed E-state index contributed by atoms with van der Waals surface area (Å²) in [6.45, 7) is 0. The number of hydrogen-bond donors (Lipinski definition) is 1. The standard InChI is InChI=1S/C9H10O4S2.Na/c10-9(8-4-2-1-3-5-8)14-6-7-15(11,12)13;/h1-5H,6-7H2,(H,11,12,13);. The average molecular weight is 269 g/mol. The minimum atomic E-state index is -3.98. The molecule has 7 heteroatoms. The number of hydrogen-bond acceptors (Lipinski definition) is 4. The van der Waals surface area contributed by atoms with Crippen LogP contribution >= 0.6 is 11.8 Å². The zero-order valence-corrected chi connectivity index (χ0v) is 12.4. The van der Waals surface area contributed by atoms with E-state index >= 15 is 0 Å². The first-order valence-corrected chi connectivity index (χ1v) is 6.76. The van der Waals surface area contributed by atoms with Gasteiger partial charge in [0.25, 0.3) is 10.1 Å². The van der Waals surface area contributed by atoms with Crippen molar-refractivity contribution < 1.29 is 17.8 Å². The maximum absolute atomic E-state index is 11.4. The molecule has 0 aliphatic rings. The van der Waals surface area contributed by atoms with Crippen LogP contribution in [0.25, 0.3) is 0 Å². The summed E-state index contributed by atoms with van der Waals surface area (Å²) in [6, 6.07) is 8.57. The Morgan fingerprint density at radius 3 is 2.31 bits per heavy atom. The molecule has 1 aromatic rings. The molecule has 0 unspecified atom stereocenters. The van der Waals surface area contributed by atoms with E-state index in [4.69, 9.17) is 4.55 Å². The number of carbonyl (C=O) groups excluding carboxylic acids is 1. The summed E-state index contributed by atoms with van der Waals surface area (Å²) < 4.78 is 29.2. The van der Waals surface area contributed by atoms with Gasteiger partial charge in [0, 0.05) is 40.9 Å². The van der Waals surface area contributed by atoms with E-state index in [0.717, 1.165) is 11.8 Å². The van der Waals surface area contributed by atoms with Crippen molar-refractivity contribution in [1.82, 2.24) is 0 Å². The number of rotatable bonds is 4. The Labute approximate surface area is 121 Å². The van der Waals surface area contributed by atoms with E-state index in [2.05, 4.69) is 0 Å². The molecular formula is C9H10NaO4S2. The molecule has 4 nitrogen and oxygen atoms in total. The molecule has 0 fully saturated rings. The van der Waals surface area contributed by atoms with Crippen molar-refractivity contribution in [2.75, 3.05) is 11.5 Å². The van der Waals surface area contributed by atoms with Crippen LogP contribution in [-0.2, 0) is 10.1 Å². The molecule has 83 valence electrons. The van der Waals surface area contributed by atoms with Crippen LogP contribution < -0.4 is 0 Å². The fraction of sp³-hybridized carbons (Fsp3) is 0.222. The van der Waals surface area contributed by atoms with Crippen molar-refractivity contribution in [2.45, 2.75) is 0 Å². The molecular weight excluding hydrogens is 259 g/mol. The van der Waals surface area contributed by atoms with Crippen molar-refractivity contribution in [1.29, 1.82) is 0 Å². The summed E-state index contributed by atoms with van der Waals surface area (Å²) in [5, 5.41) is -0.195. The van der Waals surface area contributed by atoms with E-state index in [0.29, 0.717) is 5.56 Å². The van der Waals surface area contributed by atoms with E-state index in [9.17, 15) is 13.2 Å². The molecule has 0 aliphatic carbocycles. The Balaban J connectivity index is 0.00000225. The molecule has 0 saturated heterocycles. The largest absolute Gasteiger partial charge is 0.286 e. The zero-order chi connectivity index (χ0) is 11.3. The second-order valence-corrected chi connectivity index (χ2v) is 5.43. The van der Waals surface area contributed by atoms with Gasteiger partial charge in [0.1, 0.15) is 0 Å². The fourth-order valence-corrected chi connectivity index (χ4v) is 2.56. The van der Waals surface area contributed by atoms with Gasteiger partial charge in [-0.3, -0.25) is 9.35 Å². The van der Waals surface area contributed by atoms with E-state index in [1.807, 2.05) is 0 Å². The van der Waals surface area contributed by atoms with Gasteiger partial charge in [0.2, 0.25) is 5.12 Å². The molecule has 0 aromatic heterocycles. The van der Waals surface area contributed by atoms with Crippen LogP contribution in [0.4, 0.5) is 0 Å². The second kappa shape index (κ2) is 7.47. The molecule has 1 radical (unpaired) electrons. The predicted octanol–water partition coefficient (Wildman–Crippen LogP) is 1.07. The van der Waals surface area contributed by atoms with Gasteiger partial charge in [0.05, 0.1) is 5.75 Å². The first-order chi connectivity index (χ1) is 6.99. The molecule has 0 atom stereocenters. The van der Waals surface area contributed by atoms with Crippen molar-refractivity contribution >= 4 is 56.6 Å². The van der Waals surface area contributed by atoms with Crippen LogP contribution in [0.15, 0.2) is 30.3 Å². The van der Waals surface area contributed by atoms with Crippen molar-refractivity contribution in [3.8, 4) is 0 Å². The summed E-state index contributed by atoms with van der Waals surface area (Å²) in [6.07, 6.45) is 0. The molecule has 0 spiro atoms. The smallest absolute Gasteiger partial charge is 0.265 e. The van der Waals surface area contributed by atoms with Crippen LogP contribution in [-0.4, -0.2) is 59.1 Å². The normalized spacial score (nSPS) is 10.6. The van der Waals surface area contributed by atoms with E-state index in [-0.39, 0.29) is 40.4 Å². The SMILES string of the molecule is O=C(SCCS(=O)(=O)O)c1ccccc1.[Na]. The second-order valence-electron chi connectivity index (χ2n) is 2.79. The Hall–Kier alpha value is 0.150. The van der Waals surface area contributed by atoms with Gasteiger partial charge < -0.3 is 0 Å². The maximum atomic E-state index is 11.4. The first kappa shape index (κ1) is 16.1. The van der Waals surface area contributed by atoms with Crippen LogP contribution in [0.3, 0.4) is 0 Å². The van der Waals surface area contributed by atoms with Gasteiger partial charge >= 0.3 is 0 Å². The number of benzene rings is 1. The topological polar surface area (TPSA) is 71.4 Å². The summed E-state index contributed by atoms with van der Waals surface area (Å²) in [4.78, 5) is 11.4. The van der Waals surface area contributed by atoms with Crippen LogP contribution in [0.1, 0.15) is 10.4 Å². The Kier molecular flexibility index (Phi) is 7.54. The monoisotopic (exact) mass is 269 g/mol. The van der Waals surface area contributed by atoms with Gasteiger partial charge in [0.15, 0.2) is 0 Å². The van der Waals surface area contributed by atoms with E-state index in [1.54, 1.807) is 30.3 Å². The Morgan fingerprint density at radius 1 is 1.25 bits per heavy atom. The molecule has 1 aromatic carbocycles. The zero-order valence-electron chi connectivity index (χ0n) is 8.79. The third kappa shape index (κ3) is 6.67. The molecule has 0 heterocycles. The minimum Gasteiger partial charge on any atom is -0.286 e. The molecule has 0 amide bonds. The van der Waals surface area contributed by atoms with Gasteiger partial charge in [-0.05, 0) is 0 Å². The minimum absolute atomic E-state index is 0. The van der Waals surface area contributed by atoms with Gasteiger partial charge in [-0.25, -0.2) is 0 Å². The molecule has 0 aliphatic heterocycles. The summed E-state index contributed by atoms with van der Waals surface area (Å²) in [5.74, 6) is -0.344. The third-order valence-corrected chi connectivity index (χ3v) is 3.47. The molecule has 1 N–H and O–H groups in total. The van der Waals surface area contributed by atoms with Gasteiger partial charge in [-0.1, -0.05) is 42.1 Å². The maximum Gasteiger partial charge on any atom is 0.265 e. The predicted molar refractivity (Wildman–Crippen MR) is 65.4 cm³/mol. The molecule has 16 heavy (non-hydrogen) atoms. The molecule has 0 saturated carbocycles. The van der Waals surface area contributed by atoms with Crippen LogP contribution in [0.2, 0.25) is 0 Å². The fourth-order valence-electron chi connectivity index (χ4n) is 0.897. The summed E-state index contributed by atoms with van der Waals surface area (Å²) >= 11 is 0.878. The van der Waals surface area contributed by atoms with E-state index < -0.39 is 15.9 Å². The summed E-state index contributed by atoms with van der Waals surface area (Å²) in [5.41, 5.74) is 0.526.